The van der Waals surface area contributed by atoms with E-state index in [4.69, 9.17) is 67.8 Å². The molecule has 127 heavy (non-hydrogen) atoms. The molecule has 14 heterocycles. The Balaban J connectivity index is 1.10. The molecular weight excluding hydrogens is 1650 g/mol. The Morgan fingerprint density at radius 1 is 0.260 bits per heavy atom. The molecule has 0 aliphatic carbocycles. The van der Waals surface area contributed by atoms with Gasteiger partial charge in [-0.25, -0.2) is 66.5 Å². The van der Waals surface area contributed by atoms with E-state index >= 15 is 0 Å². The molecule has 0 radical (unpaired) electrons. The van der Waals surface area contributed by atoms with E-state index in [-0.39, 0.29) is 0 Å². The number of benzene rings is 4. The van der Waals surface area contributed by atoms with Crippen LogP contribution in [0.3, 0.4) is 0 Å². The first-order valence-electron chi connectivity index (χ1n) is 43.8. The Morgan fingerprint density at radius 3 is 0.677 bits per heavy atom. The maximum absolute atomic E-state index is 9.51. The van der Waals surface area contributed by atoms with Crippen LogP contribution in [0.15, 0.2) is 275 Å². The molecule has 0 N–H and O–H groups in total. The summed E-state index contributed by atoms with van der Waals surface area (Å²) in [6.07, 6.45) is 36.1. The van der Waals surface area contributed by atoms with Crippen LogP contribution in [0.4, 0.5) is 11.6 Å². The predicted molar refractivity (Wildman–Crippen MR) is 487 cm³/mol. The van der Waals surface area contributed by atoms with Gasteiger partial charge in [-0.1, -0.05) is 80.1 Å². The third-order valence-corrected chi connectivity index (χ3v) is 39.0. The van der Waals surface area contributed by atoms with Crippen LogP contribution >= 0.6 is 0 Å². The number of amidine groups is 4. The number of aromatic nitrogens is 10. The number of hydrogen-bond donors (Lipinski definition) is 0. The molecule has 6 bridgehead atoms. The summed E-state index contributed by atoms with van der Waals surface area (Å²) in [7, 11) is 3.89. The first-order chi connectivity index (χ1) is 61.7. The molecule has 4 aliphatic heterocycles. The largest absolute Gasteiger partial charge is 0.582 e. The van der Waals surface area contributed by atoms with E-state index < -0.39 is 25.5 Å². The molecule has 0 unspecified atom stereocenters. The lowest BCUT2D eigenvalue weighted by Crippen LogP contribution is -2.71. The van der Waals surface area contributed by atoms with Crippen LogP contribution < -0.4 is 85.4 Å². The number of pyridine rings is 8. The summed E-state index contributed by atoms with van der Waals surface area (Å²) in [4.78, 5) is 36.9. The molecule has 0 fully saturated rings. The summed E-state index contributed by atoms with van der Waals surface area (Å²) in [5.41, 5.74) is 3.11. The van der Waals surface area contributed by atoms with E-state index in [1.54, 1.807) is 0 Å². The average molecular weight is 1750 g/mol. The molecule has 26 nitrogen and oxygen atoms in total. The van der Waals surface area contributed by atoms with Crippen molar-refractivity contribution < 1.29 is 82.7 Å². The minimum Gasteiger partial charge on any atom is -0.447 e. The Bertz CT molecular complexity index is 6520. The molecule has 14 aromatic rings. The van der Waals surface area contributed by atoms with E-state index in [1.807, 2.05) is 338 Å². The van der Waals surface area contributed by atoms with Crippen molar-refractivity contribution in [2.45, 2.75) is 116 Å². The molecular formula is C98H106N16O10Si3+8. The number of hydrogen-bond acceptors (Lipinski definition) is 16. The quantitative estimate of drug-likeness (QED) is 0.0288. The zero-order valence-corrected chi connectivity index (χ0v) is 77.3. The fraction of sp³-hybridized carbons (Fsp3) is 0.265. The van der Waals surface area contributed by atoms with Crippen molar-refractivity contribution in [2.75, 3.05) is 0 Å². The van der Waals surface area contributed by atoms with Crippen LogP contribution in [0.2, 0.25) is 36.3 Å². The summed E-state index contributed by atoms with van der Waals surface area (Å²) in [5.74, 6) is 9.35. The number of ether oxygens (including phenoxy) is 8. The van der Waals surface area contributed by atoms with Gasteiger partial charge in [-0.3, -0.25) is 8.47 Å². The van der Waals surface area contributed by atoms with Crippen LogP contribution in [0.1, 0.15) is 102 Å². The van der Waals surface area contributed by atoms with Crippen LogP contribution in [0.25, 0.3) is 21.5 Å². The molecule has 642 valence electrons. The molecule has 0 amide bonds. The van der Waals surface area contributed by atoms with Crippen molar-refractivity contribution in [3.05, 3.63) is 278 Å². The van der Waals surface area contributed by atoms with E-state index in [2.05, 4.69) is 50.0 Å². The zero-order chi connectivity index (χ0) is 87.8. The maximum atomic E-state index is 9.51. The van der Waals surface area contributed by atoms with E-state index in [9.17, 15) is 8.23 Å². The predicted octanol–water partition coefficient (Wildman–Crippen LogP) is 16.7. The molecule has 0 spiro atoms. The standard InChI is InChI=1S/C98H106N16O10Si3/c1-15-45-125(46-16-2,47-17-3)123-127(124-126(48-18-4,49-19-5)50-20-6)113-95-79-55-87(119-71-33-25-41-109(11)63-71)88(120-72-34-26-42-110(12)64-72)56-80(79)97(113)103-93-77-53-85(117-69-31-23-39-107(9)61-69)86(118-70-32-24-40-108(10)62-70)54-78(77)94(100-93)104-98-82-58-90(122-74-36-28-44-112(14)66-74)89(121-73-35-27-43-111(13)65-73)57-81(82)96(114(98)127)102-92-76-52-84(116-68-30-22-38-106(8)60-68)83(51-75(76)91(99-92)101-95)115-67-29-21-37-105(7)59-67/h21-44,51-66H,15-20,45-50H2,1-14H3/q+8. The van der Waals surface area contributed by atoms with Crippen LogP contribution in [0.5, 0.6) is 92.0 Å². The Labute approximate surface area is 741 Å². The number of aliphatic imine (C=N–C) groups is 4. The van der Waals surface area contributed by atoms with Crippen LogP contribution in [-0.2, 0) is 64.6 Å². The second-order valence-electron chi connectivity index (χ2n) is 33.4. The second-order valence-corrected chi connectivity index (χ2v) is 44.7. The Morgan fingerprint density at radius 2 is 0.465 bits per heavy atom. The lowest BCUT2D eigenvalue weighted by Gasteiger charge is -2.47. The molecule has 10 aromatic heterocycles. The Kier molecular flexibility index (Phi) is 23.5. The van der Waals surface area contributed by atoms with Gasteiger partial charge in [0, 0.05) is 92.3 Å². The van der Waals surface area contributed by atoms with Gasteiger partial charge in [-0.2, -0.15) is 0 Å². The van der Waals surface area contributed by atoms with Gasteiger partial charge >= 0.3 is 8.88 Å². The number of rotatable bonds is 32. The summed E-state index contributed by atoms with van der Waals surface area (Å²) in [6, 6.07) is 51.7. The van der Waals surface area contributed by atoms with Crippen molar-refractivity contribution in [3.63, 3.8) is 0 Å². The highest BCUT2D eigenvalue weighted by Gasteiger charge is 2.61. The average Bonchev–Trinajstić information content (AvgIpc) is 1.51. The number of aryl methyl sites for hydroxylation is 8. The van der Waals surface area contributed by atoms with Crippen molar-refractivity contribution in [3.8, 4) is 92.0 Å². The normalized spacial score (nSPS) is 13.5. The molecule has 0 atom stereocenters. The second kappa shape index (κ2) is 35.4. The van der Waals surface area contributed by atoms with Gasteiger partial charge in [0.05, 0.1) is 0 Å². The smallest absolute Gasteiger partial charge is 0.447 e. The lowest BCUT2D eigenvalue weighted by atomic mass is 10.1. The van der Waals surface area contributed by atoms with Crippen molar-refractivity contribution in [1.29, 1.82) is 0 Å². The fourth-order valence-electron chi connectivity index (χ4n) is 17.8. The third-order valence-electron chi connectivity index (χ3n) is 23.0. The topological polar surface area (TPSA) is 207 Å². The van der Waals surface area contributed by atoms with Crippen molar-refractivity contribution in [2.24, 2.45) is 86.3 Å². The van der Waals surface area contributed by atoms with Crippen LogP contribution in [0, 0.1) is 0 Å². The molecule has 4 aliphatic rings. The van der Waals surface area contributed by atoms with Gasteiger partial charge in [-0.05, 0) is 133 Å². The maximum Gasteiger partial charge on any atom is 0.582 e. The van der Waals surface area contributed by atoms with Gasteiger partial charge in [0.25, 0.3) is 0 Å². The Hall–Kier alpha value is -13.6. The fourth-order valence-corrected chi connectivity index (χ4v) is 35.7. The zero-order valence-electron chi connectivity index (χ0n) is 74.3. The first-order valence-corrected chi connectivity index (χ1v) is 50.5. The van der Waals surface area contributed by atoms with Crippen molar-refractivity contribution in [1.82, 2.24) is 8.47 Å². The van der Waals surface area contributed by atoms with Crippen LogP contribution in [-0.4, -0.2) is 57.3 Å². The van der Waals surface area contributed by atoms with E-state index in [1.165, 1.54) is 0 Å². The van der Waals surface area contributed by atoms with Crippen molar-refractivity contribution >= 4 is 82.0 Å². The highest BCUT2D eigenvalue weighted by atomic mass is 28.5. The molecule has 0 saturated heterocycles. The lowest BCUT2D eigenvalue weighted by molar-refractivity contribution is -0.671. The monoisotopic (exact) mass is 1750 g/mol. The highest BCUT2D eigenvalue weighted by Crippen LogP contribution is 2.53. The van der Waals surface area contributed by atoms with Gasteiger partial charge in [-0.15, -0.1) is 0 Å². The summed E-state index contributed by atoms with van der Waals surface area (Å²) < 4.78 is 97.3. The minimum atomic E-state index is -5.21. The summed E-state index contributed by atoms with van der Waals surface area (Å²) in [5, 5.41) is 2.35. The SMILES string of the molecule is CCC[Si](CCC)(CCC)O[Si]1(O[Si](CCC)(CCC)CCC)n2c3c4cc(Oc5ccc[n+](C)c5)c(Oc5ccc[n+](C)c5)cc4c2N=C2N=C(N=c4c5cc(Oc6ccc[n+](C)c6)c(Oc6ccc[n+](C)c6)cc5c(n41)=NC1=NC(=N3)c3cc(Oc4ccc[n+](C)c4)c(Oc4ccc[n+](C)c4)cc31)c1cc(Oc3ccc[n+](C)c3)c(Oc3ccc[n+](C)c3)cc12. The van der Waals surface area contributed by atoms with Gasteiger partial charge in [0.2, 0.25) is 49.6 Å². The summed E-state index contributed by atoms with van der Waals surface area (Å²) in [6.45, 7) is 13.7. The minimum absolute atomic E-state index is 0.293. The third kappa shape index (κ3) is 17.2. The van der Waals surface area contributed by atoms with Gasteiger partial charge < -0.3 is 46.1 Å². The first kappa shape index (κ1) is 84.3. The van der Waals surface area contributed by atoms with E-state index in [0.29, 0.717) is 182 Å². The van der Waals surface area contributed by atoms with Gasteiger partial charge in [0.15, 0.2) is 182 Å². The van der Waals surface area contributed by atoms with E-state index in [0.717, 1.165) is 74.8 Å². The molecule has 4 aromatic carbocycles. The molecule has 29 heteroatoms. The van der Waals surface area contributed by atoms with Gasteiger partial charge in [0.1, 0.15) is 79.0 Å². The molecule has 0 saturated carbocycles. The highest BCUT2D eigenvalue weighted by molar-refractivity contribution is 6.89. The summed E-state index contributed by atoms with van der Waals surface area (Å²) >= 11 is 0. The number of fused-ring (bicyclic) bond motifs is 14. The number of nitrogens with zero attached hydrogens (tertiary/aromatic N) is 16. The molecule has 18 rings (SSSR count).